The minimum absolute atomic E-state index is 0.120. The number of benzene rings is 1. The molecule has 2 atom stereocenters. The maximum Gasteiger partial charge on any atom is 0.244 e. The van der Waals surface area contributed by atoms with Gasteiger partial charge in [-0.05, 0) is 37.8 Å². The molecule has 2 aliphatic rings. The Balaban J connectivity index is 1.94. The number of hydrogen-bond donors (Lipinski definition) is 0. The lowest BCUT2D eigenvalue weighted by atomic mass is 10.1. The lowest BCUT2D eigenvalue weighted by molar-refractivity contribution is -0.0272. The summed E-state index contributed by atoms with van der Waals surface area (Å²) < 4.78 is 32.5. The third-order valence-electron chi connectivity index (χ3n) is 4.40. The van der Waals surface area contributed by atoms with Crippen molar-refractivity contribution in [2.75, 3.05) is 32.1 Å². The molecule has 0 amide bonds. The Morgan fingerprint density at radius 3 is 2.50 bits per heavy atom. The van der Waals surface area contributed by atoms with Gasteiger partial charge in [-0.2, -0.15) is 0 Å². The first-order valence-electron chi connectivity index (χ1n) is 7.81. The van der Waals surface area contributed by atoms with Crippen molar-refractivity contribution in [1.29, 1.82) is 0 Å². The Morgan fingerprint density at radius 1 is 1.18 bits per heavy atom. The zero-order chi connectivity index (χ0) is 15.9. The molecule has 0 aromatic heterocycles. The van der Waals surface area contributed by atoms with Crippen molar-refractivity contribution in [3.8, 4) is 0 Å². The molecule has 1 saturated heterocycles. The summed E-state index contributed by atoms with van der Waals surface area (Å²) in [6.45, 7) is 3.56. The second-order valence-electron chi connectivity index (χ2n) is 6.48. The highest BCUT2D eigenvalue weighted by molar-refractivity contribution is 7.89. The fourth-order valence-corrected chi connectivity index (χ4v) is 4.15. The first-order valence-corrected chi connectivity index (χ1v) is 9.25. The molecular weight excluding hydrogens is 300 g/mol. The molecule has 0 unspecified atom stereocenters. The monoisotopic (exact) mass is 324 g/mol. The van der Waals surface area contributed by atoms with Crippen LogP contribution in [-0.2, 0) is 14.8 Å². The molecule has 122 valence electrons. The fraction of sp³-hybridized carbons (Fsp3) is 0.625. The van der Waals surface area contributed by atoms with Crippen molar-refractivity contribution in [2.24, 2.45) is 5.92 Å². The van der Waals surface area contributed by atoms with Crippen LogP contribution in [0.5, 0.6) is 0 Å². The predicted molar refractivity (Wildman–Crippen MR) is 86.6 cm³/mol. The number of rotatable bonds is 4. The molecule has 3 rings (SSSR count). The van der Waals surface area contributed by atoms with Gasteiger partial charge in [-0.15, -0.1) is 0 Å². The number of sulfonamides is 1. The number of anilines is 1. The highest BCUT2D eigenvalue weighted by Gasteiger charge is 2.38. The Kier molecular flexibility index (Phi) is 4.18. The van der Waals surface area contributed by atoms with Gasteiger partial charge in [-0.3, -0.25) is 0 Å². The molecule has 6 heteroatoms. The second-order valence-corrected chi connectivity index (χ2v) is 8.60. The summed E-state index contributed by atoms with van der Waals surface area (Å²) in [5.74, 6) is 0.642. The van der Waals surface area contributed by atoms with Crippen molar-refractivity contribution < 1.29 is 13.2 Å². The zero-order valence-corrected chi connectivity index (χ0v) is 14.2. The average Bonchev–Trinajstić information content (AvgIpc) is 3.31. The molecule has 1 aromatic rings. The van der Waals surface area contributed by atoms with Crippen LogP contribution in [-0.4, -0.2) is 52.1 Å². The lowest BCUT2D eigenvalue weighted by Crippen LogP contribution is -2.48. The number of nitrogens with zero attached hydrogens (tertiary/aromatic N) is 2. The van der Waals surface area contributed by atoms with E-state index in [4.69, 9.17) is 4.74 Å². The van der Waals surface area contributed by atoms with Crippen molar-refractivity contribution in [3.63, 3.8) is 0 Å². The predicted octanol–water partition coefficient (Wildman–Crippen LogP) is 1.94. The summed E-state index contributed by atoms with van der Waals surface area (Å²) in [7, 11) is -0.305. The van der Waals surface area contributed by atoms with Gasteiger partial charge in [0, 0.05) is 27.2 Å². The Labute approximate surface area is 132 Å². The SMILES string of the molecule is C[C@H]1CN(c2ccccc2S(=O)(=O)N(C)C)C[C@@H](C2CC2)O1. The second kappa shape index (κ2) is 5.83. The van der Waals surface area contributed by atoms with E-state index in [0.29, 0.717) is 10.8 Å². The summed E-state index contributed by atoms with van der Waals surface area (Å²) in [5, 5.41) is 0. The summed E-state index contributed by atoms with van der Waals surface area (Å²) in [6, 6.07) is 7.27. The van der Waals surface area contributed by atoms with Gasteiger partial charge in [-0.1, -0.05) is 12.1 Å². The van der Waals surface area contributed by atoms with Crippen molar-refractivity contribution in [3.05, 3.63) is 24.3 Å². The fourth-order valence-electron chi connectivity index (χ4n) is 3.04. The molecule has 1 aliphatic carbocycles. The standard InChI is InChI=1S/C16H24N2O3S/c1-12-10-18(11-15(21-12)13-8-9-13)14-6-4-5-7-16(14)22(19,20)17(2)3/h4-7,12-13,15H,8-11H2,1-3H3/t12-,15-/m0/s1. The maximum absolute atomic E-state index is 12.6. The van der Waals surface area contributed by atoms with Gasteiger partial charge >= 0.3 is 0 Å². The van der Waals surface area contributed by atoms with Gasteiger partial charge in [-0.25, -0.2) is 12.7 Å². The van der Waals surface area contributed by atoms with E-state index in [-0.39, 0.29) is 12.2 Å². The van der Waals surface area contributed by atoms with Gasteiger partial charge in [0.05, 0.1) is 17.9 Å². The van der Waals surface area contributed by atoms with E-state index < -0.39 is 10.0 Å². The van der Waals surface area contributed by atoms with Crippen LogP contribution in [0.2, 0.25) is 0 Å². The smallest absolute Gasteiger partial charge is 0.244 e. The van der Waals surface area contributed by atoms with Crippen LogP contribution in [0, 0.1) is 5.92 Å². The average molecular weight is 324 g/mol. The van der Waals surface area contributed by atoms with Crippen LogP contribution < -0.4 is 4.90 Å². The quantitative estimate of drug-likeness (QED) is 0.849. The molecule has 0 radical (unpaired) electrons. The van der Waals surface area contributed by atoms with Crippen molar-refractivity contribution in [2.45, 2.75) is 36.9 Å². The molecule has 22 heavy (non-hydrogen) atoms. The maximum atomic E-state index is 12.6. The molecular formula is C16H24N2O3S. The third kappa shape index (κ3) is 3.00. The third-order valence-corrected chi connectivity index (χ3v) is 6.26. The van der Waals surface area contributed by atoms with Crippen LogP contribution in [0.4, 0.5) is 5.69 Å². The first-order chi connectivity index (χ1) is 10.4. The van der Waals surface area contributed by atoms with E-state index in [2.05, 4.69) is 11.8 Å². The van der Waals surface area contributed by atoms with Crippen LogP contribution in [0.15, 0.2) is 29.2 Å². The minimum Gasteiger partial charge on any atom is -0.371 e. The van der Waals surface area contributed by atoms with E-state index in [0.717, 1.165) is 18.8 Å². The van der Waals surface area contributed by atoms with Crippen LogP contribution in [0.1, 0.15) is 19.8 Å². The molecule has 1 aromatic carbocycles. The Morgan fingerprint density at radius 2 is 1.86 bits per heavy atom. The van der Waals surface area contributed by atoms with Gasteiger partial charge in [0.2, 0.25) is 10.0 Å². The summed E-state index contributed by atoms with van der Waals surface area (Å²) in [5.41, 5.74) is 0.789. The topological polar surface area (TPSA) is 49.9 Å². The highest BCUT2D eigenvalue weighted by Crippen LogP contribution is 2.38. The summed E-state index contributed by atoms with van der Waals surface area (Å²) in [4.78, 5) is 2.55. The minimum atomic E-state index is -3.45. The van der Waals surface area contributed by atoms with Gasteiger partial charge in [0.15, 0.2) is 0 Å². The molecule has 5 nitrogen and oxygen atoms in total. The van der Waals surface area contributed by atoms with Crippen molar-refractivity contribution >= 4 is 15.7 Å². The summed E-state index contributed by atoms with van der Waals surface area (Å²) >= 11 is 0. The normalized spacial score (nSPS) is 26.5. The van der Waals surface area contributed by atoms with Crippen LogP contribution in [0.3, 0.4) is 0 Å². The first kappa shape index (κ1) is 15.8. The largest absolute Gasteiger partial charge is 0.371 e. The van der Waals surface area contributed by atoms with E-state index in [1.165, 1.54) is 17.1 Å². The number of para-hydroxylation sites is 1. The van der Waals surface area contributed by atoms with Gasteiger partial charge < -0.3 is 9.64 Å². The number of hydrogen-bond acceptors (Lipinski definition) is 4. The van der Waals surface area contributed by atoms with E-state index in [1.807, 2.05) is 12.1 Å². The number of ether oxygens (including phenoxy) is 1. The molecule has 0 N–H and O–H groups in total. The molecule has 0 spiro atoms. The van der Waals surface area contributed by atoms with E-state index in [9.17, 15) is 8.42 Å². The molecule has 1 saturated carbocycles. The van der Waals surface area contributed by atoms with Gasteiger partial charge in [0.1, 0.15) is 4.90 Å². The summed E-state index contributed by atoms with van der Waals surface area (Å²) in [6.07, 6.45) is 2.79. The lowest BCUT2D eigenvalue weighted by Gasteiger charge is -2.39. The number of morpholine rings is 1. The van der Waals surface area contributed by atoms with Crippen LogP contribution >= 0.6 is 0 Å². The van der Waals surface area contributed by atoms with Gasteiger partial charge in [0.25, 0.3) is 0 Å². The Hall–Kier alpha value is -1.11. The highest BCUT2D eigenvalue weighted by atomic mass is 32.2. The van der Waals surface area contributed by atoms with E-state index >= 15 is 0 Å². The molecule has 2 fully saturated rings. The molecule has 0 bridgehead atoms. The van der Waals surface area contributed by atoms with E-state index in [1.54, 1.807) is 26.2 Å². The van der Waals surface area contributed by atoms with Crippen molar-refractivity contribution in [1.82, 2.24) is 4.31 Å². The molecule has 1 heterocycles. The van der Waals surface area contributed by atoms with Crippen LogP contribution in [0.25, 0.3) is 0 Å². The molecule has 1 aliphatic heterocycles. The zero-order valence-electron chi connectivity index (χ0n) is 13.4. The Bertz CT molecular complexity index is 641.